The molecule has 21 heavy (non-hydrogen) atoms. The number of hydrogen-bond donors (Lipinski definition) is 2. The van der Waals surface area contributed by atoms with Gasteiger partial charge in [0.2, 0.25) is 5.91 Å². The normalized spacial score (nSPS) is 13.6. The second kappa shape index (κ2) is 7.11. The first-order chi connectivity index (χ1) is 10.1. The molecule has 0 fully saturated rings. The van der Waals surface area contributed by atoms with Gasteiger partial charge in [-0.3, -0.25) is 4.79 Å². The standard InChI is InChI=1S/C16H17BrN2OS/c1-19-16(15(18)20,12-5-3-2-4-6-12)11-21-14-9-7-13(17)8-10-14/h2-10,19H,11H2,1H3,(H2,18,20). The van der Waals surface area contributed by atoms with Crippen LogP contribution in [0.5, 0.6) is 0 Å². The Morgan fingerprint density at radius 3 is 2.33 bits per heavy atom. The van der Waals surface area contributed by atoms with Gasteiger partial charge in [-0.1, -0.05) is 46.3 Å². The number of carbonyl (C=O) groups is 1. The molecule has 0 aliphatic rings. The lowest BCUT2D eigenvalue weighted by Gasteiger charge is -2.30. The molecule has 1 unspecified atom stereocenters. The molecule has 0 bridgehead atoms. The van der Waals surface area contributed by atoms with E-state index in [0.29, 0.717) is 5.75 Å². The molecular formula is C16H17BrN2OS. The molecule has 0 spiro atoms. The molecule has 0 aromatic heterocycles. The van der Waals surface area contributed by atoms with Gasteiger partial charge in [0, 0.05) is 15.1 Å². The predicted molar refractivity (Wildman–Crippen MR) is 91.2 cm³/mol. The van der Waals surface area contributed by atoms with E-state index in [2.05, 4.69) is 21.2 Å². The van der Waals surface area contributed by atoms with Gasteiger partial charge >= 0.3 is 0 Å². The summed E-state index contributed by atoms with van der Waals surface area (Å²) < 4.78 is 1.03. The van der Waals surface area contributed by atoms with E-state index in [1.807, 2.05) is 54.6 Å². The fourth-order valence-corrected chi connectivity index (χ4v) is 3.51. The fraction of sp³-hybridized carbons (Fsp3) is 0.188. The van der Waals surface area contributed by atoms with Gasteiger partial charge in [0.05, 0.1) is 0 Å². The number of benzene rings is 2. The van der Waals surface area contributed by atoms with E-state index in [1.165, 1.54) is 0 Å². The number of thioether (sulfide) groups is 1. The molecule has 110 valence electrons. The zero-order valence-electron chi connectivity index (χ0n) is 11.7. The highest BCUT2D eigenvalue weighted by atomic mass is 79.9. The minimum Gasteiger partial charge on any atom is -0.368 e. The fourth-order valence-electron chi connectivity index (χ4n) is 2.08. The van der Waals surface area contributed by atoms with Crippen LogP contribution in [0.4, 0.5) is 0 Å². The molecule has 3 N–H and O–H groups in total. The molecule has 3 nitrogen and oxygen atoms in total. The molecule has 0 saturated carbocycles. The minimum absolute atomic E-state index is 0.374. The molecular weight excluding hydrogens is 348 g/mol. The first kappa shape index (κ1) is 16.1. The maximum absolute atomic E-state index is 12.1. The monoisotopic (exact) mass is 364 g/mol. The quantitative estimate of drug-likeness (QED) is 0.774. The van der Waals surface area contributed by atoms with Crippen molar-refractivity contribution in [2.45, 2.75) is 10.4 Å². The summed E-state index contributed by atoms with van der Waals surface area (Å²) in [4.78, 5) is 13.2. The number of carbonyl (C=O) groups excluding carboxylic acids is 1. The zero-order valence-corrected chi connectivity index (χ0v) is 14.1. The van der Waals surface area contributed by atoms with Crippen LogP contribution in [-0.4, -0.2) is 18.7 Å². The number of primary amides is 1. The summed E-state index contributed by atoms with van der Waals surface area (Å²) in [6.45, 7) is 0. The van der Waals surface area contributed by atoms with Gasteiger partial charge < -0.3 is 11.1 Å². The van der Waals surface area contributed by atoms with E-state index in [9.17, 15) is 4.79 Å². The zero-order chi connectivity index (χ0) is 15.3. The first-order valence-corrected chi connectivity index (χ1v) is 8.29. The van der Waals surface area contributed by atoms with Crippen molar-refractivity contribution in [1.29, 1.82) is 0 Å². The molecule has 2 aromatic rings. The van der Waals surface area contributed by atoms with Crippen LogP contribution in [0.1, 0.15) is 5.56 Å². The lowest BCUT2D eigenvalue weighted by Crippen LogP contribution is -2.53. The van der Waals surface area contributed by atoms with Crippen LogP contribution >= 0.6 is 27.7 Å². The highest BCUT2D eigenvalue weighted by Gasteiger charge is 2.36. The van der Waals surface area contributed by atoms with Gasteiger partial charge in [-0.05, 0) is 36.9 Å². The molecule has 2 aromatic carbocycles. The summed E-state index contributed by atoms with van der Waals surface area (Å²) in [5, 5.41) is 3.11. The Kier molecular flexibility index (Phi) is 5.45. The van der Waals surface area contributed by atoms with Crippen molar-refractivity contribution in [3.8, 4) is 0 Å². The van der Waals surface area contributed by atoms with Gasteiger partial charge in [0.15, 0.2) is 0 Å². The minimum atomic E-state index is -0.876. The van der Waals surface area contributed by atoms with Crippen LogP contribution in [0.25, 0.3) is 0 Å². The number of likely N-dealkylation sites (N-methyl/N-ethyl adjacent to an activating group) is 1. The molecule has 1 amide bonds. The van der Waals surface area contributed by atoms with E-state index < -0.39 is 5.54 Å². The summed E-state index contributed by atoms with van der Waals surface area (Å²) in [7, 11) is 1.76. The lowest BCUT2D eigenvalue weighted by molar-refractivity contribution is -0.123. The van der Waals surface area contributed by atoms with Crippen LogP contribution in [0.2, 0.25) is 0 Å². The molecule has 5 heteroatoms. The van der Waals surface area contributed by atoms with Gasteiger partial charge in [0.1, 0.15) is 5.54 Å². The highest BCUT2D eigenvalue weighted by Crippen LogP contribution is 2.30. The predicted octanol–water partition coefficient (Wildman–Crippen LogP) is 3.14. The average molecular weight is 365 g/mol. The van der Waals surface area contributed by atoms with E-state index in [-0.39, 0.29) is 5.91 Å². The smallest absolute Gasteiger partial charge is 0.243 e. The number of nitrogens with one attached hydrogen (secondary N) is 1. The van der Waals surface area contributed by atoms with Crippen LogP contribution in [-0.2, 0) is 10.3 Å². The summed E-state index contributed by atoms with van der Waals surface area (Å²) in [5.74, 6) is 0.158. The Morgan fingerprint density at radius 2 is 1.81 bits per heavy atom. The summed E-state index contributed by atoms with van der Waals surface area (Å²) in [6, 6.07) is 17.6. The van der Waals surface area contributed by atoms with Gasteiger partial charge in [-0.15, -0.1) is 11.8 Å². The Hall–Kier alpha value is -1.30. The molecule has 2 rings (SSSR count). The van der Waals surface area contributed by atoms with Crippen LogP contribution in [0, 0.1) is 0 Å². The average Bonchev–Trinajstić information content (AvgIpc) is 2.51. The molecule has 0 heterocycles. The van der Waals surface area contributed by atoms with E-state index in [1.54, 1.807) is 18.8 Å². The summed E-state index contributed by atoms with van der Waals surface area (Å²) in [5.41, 5.74) is 5.68. The van der Waals surface area contributed by atoms with Crippen molar-refractivity contribution in [3.05, 3.63) is 64.6 Å². The maximum Gasteiger partial charge on any atom is 0.243 e. The Morgan fingerprint density at radius 1 is 1.19 bits per heavy atom. The SMILES string of the molecule is CNC(CSc1ccc(Br)cc1)(C(N)=O)c1ccccc1. The highest BCUT2D eigenvalue weighted by molar-refractivity contribution is 9.10. The maximum atomic E-state index is 12.1. The molecule has 0 aliphatic carbocycles. The van der Waals surface area contributed by atoms with Crippen LogP contribution < -0.4 is 11.1 Å². The van der Waals surface area contributed by atoms with Crippen molar-refractivity contribution in [3.63, 3.8) is 0 Å². The van der Waals surface area contributed by atoms with Crippen molar-refractivity contribution < 1.29 is 4.79 Å². The third-order valence-electron chi connectivity index (χ3n) is 3.38. The third kappa shape index (κ3) is 3.67. The van der Waals surface area contributed by atoms with E-state index >= 15 is 0 Å². The van der Waals surface area contributed by atoms with Gasteiger partial charge in [0.25, 0.3) is 0 Å². The van der Waals surface area contributed by atoms with Crippen molar-refractivity contribution in [2.75, 3.05) is 12.8 Å². The third-order valence-corrected chi connectivity index (χ3v) is 5.09. The number of halogens is 1. The Balaban J connectivity index is 2.25. The number of rotatable bonds is 6. The first-order valence-electron chi connectivity index (χ1n) is 6.51. The molecule has 1 atom stereocenters. The number of nitrogens with two attached hydrogens (primary N) is 1. The molecule has 0 aliphatic heterocycles. The van der Waals surface area contributed by atoms with Crippen molar-refractivity contribution in [2.24, 2.45) is 5.73 Å². The second-order valence-corrected chi connectivity index (χ2v) is 6.59. The molecule has 0 radical (unpaired) electrons. The Labute approximate surface area is 137 Å². The Bertz CT molecular complexity index is 603. The largest absolute Gasteiger partial charge is 0.368 e. The van der Waals surface area contributed by atoms with Gasteiger partial charge in [-0.2, -0.15) is 0 Å². The topological polar surface area (TPSA) is 55.1 Å². The summed E-state index contributed by atoms with van der Waals surface area (Å²) >= 11 is 5.01. The van der Waals surface area contributed by atoms with E-state index in [0.717, 1.165) is 14.9 Å². The van der Waals surface area contributed by atoms with Crippen molar-refractivity contribution >= 4 is 33.6 Å². The molecule has 0 saturated heterocycles. The number of amides is 1. The summed E-state index contributed by atoms with van der Waals surface area (Å²) in [6.07, 6.45) is 0. The van der Waals surface area contributed by atoms with Crippen LogP contribution in [0.3, 0.4) is 0 Å². The number of hydrogen-bond acceptors (Lipinski definition) is 3. The van der Waals surface area contributed by atoms with E-state index in [4.69, 9.17) is 5.73 Å². The second-order valence-electron chi connectivity index (χ2n) is 4.63. The lowest BCUT2D eigenvalue weighted by atomic mass is 9.91. The van der Waals surface area contributed by atoms with Gasteiger partial charge in [-0.25, -0.2) is 0 Å². The van der Waals surface area contributed by atoms with Crippen LogP contribution in [0.15, 0.2) is 64.0 Å². The van der Waals surface area contributed by atoms with Crippen molar-refractivity contribution in [1.82, 2.24) is 5.32 Å².